The predicted molar refractivity (Wildman–Crippen MR) is 97.0 cm³/mol. The van der Waals surface area contributed by atoms with Crippen LogP contribution in [0.25, 0.3) is 10.9 Å². The Labute approximate surface area is 163 Å². The fourth-order valence-electron chi connectivity index (χ4n) is 3.58. The Kier molecular flexibility index (Phi) is 4.96. The highest BCUT2D eigenvalue weighted by atomic mass is 35.5. The van der Waals surface area contributed by atoms with Gasteiger partial charge >= 0.3 is 0 Å². The van der Waals surface area contributed by atoms with Crippen molar-refractivity contribution in [1.29, 1.82) is 0 Å². The van der Waals surface area contributed by atoms with Gasteiger partial charge in [-0.25, -0.2) is 13.2 Å². The van der Waals surface area contributed by atoms with Gasteiger partial charge in [0.25, 0.3) is 5.91 Å². The fraction of sp³-hybridized carbons (Fsp3) is 0.444. The number of piperazine rings is 1. The van der Waals surface area contributed by atoms with Gasteiger partial charge in [-0.2, -0.15) is 0 Å². The van der Waals surface area contributed by atoms with E-state index in [1.165, 1.54) is 11.0 Å². The van der Waals surface area contributed by atoms with E-state index in [-0.39, 0.29) is 60.3 Å². The summed E-state index contributed by atoms with van der Waals surface area (Å²) < 4.78 is 41.1. The van der Waals surface area contributed by atoms with Crippen molar-refractivity contribution >= 4 is 34.3 Å². The average Bonchev–Trinajstić information content (AvgIpc) is 3.00. The molecule has 2 aliphatic rings. The van der Waals surface area contributed by atoms with Crippen molar-refractivity contribution in [3.05, 3.63) is 34.5 Å². The van der Waals surface area contributed by atoms with Crippen LogP contribution in [-0.4, -0.2) is 83.5 Å². The molecule has 1 N–H and O–H groups in total. The standard InChI is InChI=1S/C18H18ClF3N4O2/c19-15-11(21)1-2-12-14(15)16(22)17(23-12)18(28)26-5-3-25(4-6-26)13(27)9-24-7-10(20)8-24/h1-2,10,23H,3-9H2. The van der Waals surface area contributed by atoms with E-state index in [0.717, 1.165) is 6.07 Å². The number of benzene rings is 1. The quantitative estimate of drug-likeness (QED) is 0.836. The van der Waals surface area contributed by atoms with Gasteiger partial charge in [0.15, 0.2) is 5.82 Å². The van der Waals surface area contributed by atoms with Crippen LogP contribution in [0.4, 0.5) is 13.2 Å². The first-order chi connectivity index (χ1) is 13.3. The molecule has 4 rings (SSSR count). The zero-order valence-corrected chi connectivity index (χ0v) is 15.6. The molecule has 0 unspecified atom stereocenters. The van der Waals surface area contributed by atoms with Gasteiger partial charge in [0.1, 0.15) is 17.7 Å². The number of halogens is 4. The number of hydrogen-bond acceptors (Lipinski definition) is 3. The maximum absolute atomic E-state index is 14.7. The molecule has 2 saturated heterocycles. The first kappa shape index (κ1) is 19.1. The van der Waals surface area contributed by atoms with Gasteiger partial charge in [0.05, 0.1) is 22.5 Å². The van der Waals surface area contributed by atoms with E-state index in [4.69, 9.17) is 11.6 Å². The maximum Gasteiger partial charge on any atom is 0.273 e. The molecule has 10 heteroatoms. The molecule has 0 radical (unpaired) electrons. The maximum atomic E-state index is 14.7. The van der Waals surface area contributed by atoms with Gasteiger partial charge in [-0.3, -0.25) is 14.5 Å². The number of carbonyl (C=O) groups excluding carboxylic acids is 2. The molecule has 2 aromatic rings. The van der Waals surface area contributed by atoms with Crippen LogP contribution < -0.4 is 0 Å². The summed E-state index contributed by atoms with van der Waals surface area (Å²) in [6.45, 7) is 1.82. The van der Waals surface area contributed by atoms with Crippen LogP contribution in [-0.2, 0) is 4.79 Å². The Hall–Kier alpha value is -2.26. The molecule has 0 saturated carbocycles. The topological polar surface area (TPSA) is 59.7 Å². The van der Waals surface area contributed by atoms with E-state index in [1.807, 2.05) is 0 Å². The Balaban J connectivity index is 1.42. The Bertz CT molecular complexity index is 937. The number of alkyl halides is 1. The van der Waals surface area contributed by atoms with E-state index < -0.39 is 23.7 Å². The molecule has 0 bridgehead atoms. The van der Waals surface area contributed by atoms with Gasteiger partial charge in [-0.15, -0.1) is 0 Å². The average molecular weight is 415 g/mol. The summed E-state index contributed by atoms with van der Waals surface area (Å²) in [5.41, 5.74) is -0.0429. The minimum Gasteiger partial charge on any atom is -0.348 e. The Morgan fingerprint density at radius 3 is 2.39 bits per heavy atom. The molecule has 150 valence electrons. The van der Waals surface area contributed by atoms with Crippen molar-refractivity contribution in [2.24, 2.45) is 0 Å². The summed E-state index contributed by atoms with van der Waals surface area (Å²) in [6.07, 6.45) is -0.865. The number of amides is 2. The van der Waals surface area contributed by atoms with Crippen molar-refractivity contribution in [3.8, 4) is 0 Å². The normalized spacial score (nSPS) is 18.6. The predicted octanol–water partition coefficient (Wildman–Crippen LogP) is 2.04. The van der Waals surface area contributed by atoms with Crippen LogP contribution in [0.3, 0.4) is 0 Å². The zero-order chi connectivity index (χ0) is 20.0. The number of aromatic amines is 1. The number of rotatable bonds is 3. The van der Waals surface area contributed by atoms with Crippen molar-refractivity contribution in [2.75, 3.05) is 45.8 Å². The molecular weight excluding hydrogens is 397 g/mol. The van der Waals surface area contributed by atoms with Crippen molar-refractivity contribution in [1.82, 2.24) is 19.7 Å². The molecule has 0 atom stereocenters. The van der Waals surface area contributed by atoms with Crippen molar-refractivity contribution in [2.45, 2.75) is 6.17 Å². The number of nitrogens with zero attached hydrogens (tertiary/aromatic N) is 3. The highest BCUT2D eigenvalue weighted by Gasteiger charge is 2.32. The molecule has 28 heavy (non-hydrogen) atoms. The highest BCUT2D eigenvalue weighted by Crippen LogP contribution is 2.31. The lowest BCUT2D eigenvalue weighted by Crippen LogP contribution is -2.56. The summed E-state index contributed by atoms with van der Waals surface area (Å²) in [5.74, 6) is -2.33. The summed E-state index contributed by atoms with van der Waals surface area (Å²) in [6, 6.07) is 2.42. The number of fused-ring (bicyclic) bond motifs is 1. The number of carbonyl (C=O) groups is 2. The Morgan fingerprint density at radius 2 is 1.75 bits per heavy atom. The largest absolute Gasteiger partial charge is 0.348 e. The van der Waals surface area contributed by atoms with Crippen LogP contribution in [0.15, 0.2) is 12.1 Å². The van der Waals surface area contributed by atoms with Gasteiger partial charge < -0.3 is 14.8 Å². The molecule has 0 spiro atoms. The van der Waals surface area contributed by atoms with Crippen molar-refractivity contribution in [3.63, 3.8) is 0 Å². The van der Waals surface area contributed by atoms with E-state index >= 15 is 0 Å². The van der Waals surface area contributed by atoms with Crippen LogP contribution in [0, 0.1) is 11.6 Å². The van der Waals surface area contributed by atoms with E-state index in [2.05, 4.69) is 4.98 Å². The van der Waals surface area contributed by atoms with Crippen molar-refractivity contribution < 1.29 is 22.8 Å². The molecule has 6 nitrogen and oxygen atoms in total. The Morgan fingerprint density at radius 1 is 1.11 bits per heavy atom. The van der Waals surface area contributed by atoms with Crippen LogP contribution in [0.1, 0.15) is 10.5 Å². The molecule has 2 fully saturated rings. The van der Waals surface area contributed by atoms with Gasteiger partial charge in [-0.05, 0) is 12.1 Å². The summed E-state index contributed by atoms with van der Waals surface area (Å²) in [4.78, 5) is 32.4. The highest BCUT2D eigenvalue weighted by molar-refractivity contribution is 6.35. The zero-order valence-electron chi connectivity index (χ0n) is 14.9. The minimum atomic E-state index is -0.887. The molecule has 3 heterocycles. The second-order valence-corrected chi connectivity index (χ2v) is 7.44. The third-order valence-electron chi connectivity index (χ3n) is 5.20. The number of aromatic nitrogens is 1. The van der Waals surface area contributed by atoms with Gasteiger partial charge in [0, 0.05) is 39.3 Å². The lowest BCUT2D eigenvalue weighted by Gasteiger charge is -2.38. The molecule has 2 amide bonds. The van der Waals surface area contributed by atoms with Crippen LogP contribution in [0.5, 0.6) is 0 Å². The SMILES string of the molecule is O=C(CN1CC(F)C1)N1CCN(C(=O)c2[nH]c3ccc(F)c(Cl)c3c2F)CC1. The van der Waals surface area contributed by atoms with Crippen LogP contribution in [0.2, 0.25) is 5.02 Å². The fourth-order valence-corrected chi connectivity index (χ4v) is 3.82. The smallest absolute Gasteiger partial charge is 0.273 e. The second-order valence-electron chi connectivity index (χ2n) is 7.06. The third-order valence-corrected chi connectivity index (χ3v) is 5.57. The van der Waals surface area contributed by atoms with Gasteiger partial charge in [0.2, 0.25) is 5.91 Å². The molecule has 0 aliphatic carbocycles. The van der Waals surface area contributed by atoms with E-state index in [9.17, 15) is 22.8 Å². The van der Waals surface area contributed by atoms with E-state index in [1.54, 1.807) is 9.80 Å². The number of H-pyrrole nitrogens is 1. The number of hydrogen-bond donors (Lipinski definition) is 1. The first-order valence-corrected chi connectivity index (χ1v) is 9.31. The molecular formula is C18H18ClF3N4O2. The van der Waals surface area contributed by atoms with Crippen LogP contribution >= 0.6 is 11.6 Å². The van der Waals surface area contributed by atoms with E-state index in [0.29, 0.717) is 13.1 Å². The lowest BCUT2D eigenvalue weighted by molar-refractivity contribution is -0.135. The summed E-state index contributed by atoms with van der Waals surface area (Å²) in [7, 11) is 0. The minimum absolute atomic E-state index is 0.113. The molecule has 1 aromatic heterocycles. The number of likely N-dealkylation sites (tertiary alicyclic amines) is 1. The summed E-state index contributed by atoms with van der Waals surface area (Å²) >= 11 is 5.82. The molecule has 1 aromatic carbocycles. The monoisotopic (exact) mass is 414 g/mol. The number of nitrogens with one attached hydrogen (secondary N) is 1. The summed E-state index contributed by atoms with van der Waals surface area (Å²) in [5, 5.41) is -0.526. The second kappa shape index (κ2) is 7.29. The van der Waals surface area contributed by atoms with Gasteiger partial charge in [-0.1, -0.05) is 11.6 Å². The third kappa shape index (κ3) is 3.33. The molecule has 2 aliphatic heterocycles. The lowest BCUT2D eigenvalue weighted by atomic mass is 10.2. The first-order valence-electron chi connectivity index (χ1n) is 8.93.